The van der Waals surface area contributed by atoms with E-state index in [2.05, 4.69) is 138 Å². The summed E-state index contributed by atoms with van der Waals surface area (Å²) in [6.45, 7) is 17.0. The number of rotatable bonds is 13. The summed E-state index contributed by atoms with van der Waals surface area (Å²) in [5.41, 5.74) is 30.2. The lowest BCUT2D eigenvalue weighted by molar-refractivity contribution is 0.0365. The van der Waals surface area contributed by atoms with Crippen LogP contribution in [0.25, 0.3) is 83.8 Å². The maximum Gasteiger partial charge on any atom is 0.408 e. The van der Waals surface area contributed by atoms with Gasteiger partial charge in [0, 0.05) is 87.3 Å². The number of carbonyl (C=O) groups excluding carboxylic acids is 4. The molecule has 3 saturated carbocycles. The number of hydrogen-bond acceptors (Lipinski definition) is 16. The normalized spacial score (nSPS) is 14.6. The van der Waals surface area contributed by atoms with Gasteiger partial charge in [-0.1, -0.05) is 164 Å². The van der Waals surface area contributed by atoms with Crippen molar-refractivity contribution < 1.29 is 28.7 Å². The number of pyridine rings is 2. The second kappa shape index (κ2) is 30.1. The van der Waals surface area contributed by atoms with Crippen molar-refractivity contribution in [1.29, 1.82) is 0 Å². The highest BCUT2D eigenvalue weighted by Crippen LogP contribution is 2.45. The Morgan fingerprint density at radius 2 is 0.862 bits per heavy atom. The molecule has 0 radical (unpaired) electrons. The van der Waals surface area contributed by atoms with E-state index in [0.29, 0.717) is 35.3 Å². The summed E-state index contributed by atoms with van der Waals surface area (Å²) in [5.74, 6) is 0.420. The van der Waals surface area contributed by atoms with Crippen LogP contribution in [0.2, 0.25) is 0 Å². The van der Waals surface area contributed by atoms with Gasteiger partial charge in [-0.25, -0.2) is 34.5 Å². The van der Waals surface area contributed by atoms with Gasteiger partial charge < -0.3 is 31.6 Å². The molecule has 8 aromatic heterocycles. The number of fused-ring (bicyclic) bond motifs is 7. The zero-order valence-corrected chi connectivity index (χ0v) is 62.9. The van der Waals surface area contributed by atoms with Gasteiger partial charge in [0.05, 0.1) is 45.1 Å². The minimum atomic E-state index is -0.539. The number of benzene rings is 6. The number of ketones is 1. The molecule has 0 saturated heterocycles. The number of amides is 2. The molecule has 0 spiro atoms. The molecule has 2 amide bonds. The maximum absolute atomic E-state index is 12.6. The summed E-state index contributed by atoms with van der Waals surface area (Å²) in [7, 11) is 0. The van der Waals surface area contributed by atoms with Crippen LogP contribution in [0, 0.1) is 20.8 Å². The van der Waals surface area contributed by atoms with Crippen LogP contribution in [-0.2, 0) is 32.5 Å². The number of carbonyl (C=O) groups is 4. The average Bonchev–Trinajstić information content (AvgIpc) is 1.72. The quantitative estimate of drug-likeness (QED) is 0.0617. The molecule has 8 heterocycles. The minimum absolute atomic E-state index is 0.0931. The van der Waals surface area contributed by atoms with Crippen LogP contribution in [-0.4, -0.2) is 89.2 Å². The van der Waals surface area contributed by atoms with Crippen molar-refractivity contribution in [2.45, 2.75) is 154 Å². The fraction of sp³-hybridized carbons (Fsp3) is 0.273. The summed E-state index contributed by atoms with van der Waals surface area (Å²) in [4.78, 5) is 71.3. The first-order valence-corrected chi connectivity index (χ1v) is 37.0. The molecule has 21 nitrogen and oxygen atoms in total. The maximum atomic E-state index is 12.6. The fourth-order valence-corrected chi connectivity index (χ4v) is 14.2. The van der Waals surface area contributed by atoms with E-state index < -0.39 is 22.8 Å². The highest BCUT2D eigenvalue weighted by atomic mass is 16.6. The molecular weight excluding hydrogens is 1360 g/mol. The molecule has 17 rings (SSSR count). The first-order valence-electron chi connectivity index (χ1n) is 37.0. The SMILES string of the molecule is CC(C)(C)OC(=O)NC1(c2ccc(C(=O)Cc3ccccc3)cc2)CCC1.Cc1cc2ncc(C=O)c(N)n2n1.Cc1cc2ncc3cc(-c4ccccc4)c(-c4ccc(C5(N)CCC5)cc4)nc3n2n1.Cc1cc2ncc3cc(-c4ccccc4)c(-c4ccc(C5(NC(=O)OC(C)(C)C)CCC5)cc4)nc3n2n1. The lowest BCUT2D eigenvalue weighted by Gasteiger charge is -2.43. The third-order valence-electron chi connectivity index (χ3n) is 20.3. The lowest BCUT2D eigenvalue weighted by atomic mass is 9.71. The zero-order valence-electron chi connectivity index (χ0n) is 62.9. The molecule has 0 atom stereocenters. The van der Waals surface area contributed by atoms with E-state index in [9.17, 15) is 19.2 Å². The van der Waals surface area contributed by atoms with Gasteiger partial charge in [-0.15, -0.1) is 0 Å². The molecule has 552 valence electrons. The van der Waals surface area contributed by atoms with Gasteiger partial charge in [0.15, 0.2) is 40.3 Å². The molecule has 3 aliphatic carbocycles. The summed E-state index contributed by atoms with van der Waals surface area (Å²) in [6.07, 6.45) is 14.4. The molecule has 0 bridgehead atoms. The molecule has 3 aliphatic rings. The van der Waals surface area contributed by atoms with Crippen LogP contribution in [0.4, 0.5) is 15.4 Å². The first kappa shape index (κ1) is 73.5. The summed E-state index contributed by atoms with van der Waals surface area (Å²) < 4.78 is 16.1. The van der Waals surface area contributed by atoms with Crippen LogP contribution in [0.1, 0.15) is 159 Å². The molecular formula is C88H89N15O6. The smallest absolute Gasteiger partial charge is 0.408 e. The van der Waals surface area contributed by atoms with Crippen molar-refractivity contribution in [3.8, 4) is 44.8 Å². The summed E-state index contributed by atoms with van der Waals surface area (Å²) in [6, 6.07) is 65.1. The number of nitrogen functional groups attached to an aromatic ring is 1. The van der Waals surface area contributed by atoms with E-state index in [4.69, 9.17) is 30.9 Å². The van der Waals surface area contributed by atoms with Crippen LogP contribution < -0.4 is 22.1 Å². The van der Waals surface area contributed by atoms with Gasteiger partial charge in [-0.3, -0.25) is 9.59 Å². The number of alkyl carbamates (subject to hydrolysis) is 2. The van der Waals surface area contributed by atoms with E-state index in [1.807, 2.05) is 175 Å². The van der Waals surface area contributed by atoms with Gasteiger partial charge in [-0.05, 0) is 166 Å². The van der Waals surface area contributed by atoms with Gasteiger partial charge in [-0.2, -0.15) is 28.8 Å². The topological polar surface area (TPSA) is 279 Å². The van der Waals surface area contributed by atoms with Gasteiger partial charge in [0.2, 0.25) is 0 Å². The third-order valence-corrected chi connectivity index (χ3v) is 20.3. The van der Waals surface area contributed by atoms with Gasteiger partial charge >= 0.3 is 12.2 Å². The fourth-order valence-electron chi connectivity index (χ4n) is 14.2. The van der Waals surface area contributed by atoms with E-state index >= 15 is 0 Å². The van der Waals surface area contributed by atoms with Crippen LogP contribution in [0.5, 0.6) is 0 Å². The zero-order chi connectivity index (χ0) is 76.4. The summed E-state index contributed by atoms with van der Waals surface area (Å²) >= 11 is 0. The molecule has 3 fully saturated rings. The average molecular weight is 1450 g/mol. The highest BCUT2D eigenvalue weighted by molar-refractivity contribution is 5.98. The second-order valence-corrected chi connectivity index (χ2v) is 30.7. The number of nitrogens with one attached hydrogen (secondary N) is 2. The van der Waals surface area contributed by atoms with Gasteiger partial charge in [0.25, 0.3) is 0 Å². The van der Waals surface area contributed by atoms with Crippen molar-refractivity contribution in [2.24, 2.45) is 5.73 Å². The van der Waals surface area contributed by atoms with Crippen LogP contribution in [0.15, 0.2) is 213 Å². The van der Waals surface area contributed by atoms with Crippen LogP contribution in [0.3, 0.4) is 0 Å². The van der Waals surface area contributed by atoms with Crippen LogP contribution >= 0.6 is 0 Å². The van der Waals surface area contributed by atoms with E-state index in [-0.39, 0.29) is 23.0 Å². The predicted octanol–water partition coefficient (Wildman–Crippen LogP) is 17.5. The van der Waals surface area contributed by atoms with E-state index in [1.165, 1.54) is 22.7 Å². The number of aryl methyl sites for hydroxylation is 3. The number of nitrogens with two attached hydrogens (primary N) is 2. The third kappa shape index (κ3) is 16.0. The van der Waals surface area contributed by atoms with E-state index in [0.717, 1.165) is 163 Å². The lowest BCUT2D eigenvalue weighted by Crippen LogP contribution is -2.52. The Hall–Kier alpha value is -12.4. The molecule has 109 heavy (non-hydrogen) atoms. The predicted molar refractivity (Wildman–Crippen MR) is 426 cm³/mol. The molecule has 6 aromatic carbocycles. The summed E-state index contributed by atoms with van der Waals surface area (Å²) in [5, 5.41) is 21.4. The minimum Gasteiger partial charge on any atom is -0.444 e. The molecule has 6 N–H and O–H groups in total. The monoisotopic (exact) mass is 1450 g/mol. The van der Waals surface area contributed by atoms with E-state index in [1.54, 1.807) is 6.07 Å². The Bertz CT molecular complexity index is 5680. The Kier molecular flexibility index (Phi) is 20.3. The Morgan fingerprint density at radius 1 is 0.477 bits per heavy atom. The highest BCUT2D eigenvalue weighted by Gasteiger charge is 2.43. The molecule has 0 aliphatic heterocycles. The standard InChI is InChI=1S/C31H31N5O2.C26H23N5.C23H27NO3.C8H8N4O/c1-20-17-26-32-19-23-18-25(21-9-6-5-7-10-21)27(33-28(23)36(26)35-20)22-11-13-24(14-12-22)31(15-8-16-31)34-29(37)38-30(2,3)4;1-17-14-23-28-16-20-15-22(18-6-3-2-4-7-18)24(29-25(20)31(23)30-17)19-8-10-21(11-9-19)26(27)12-5-13-26;1-22(2,3)27-21(26)24-23(14-7-15-23)19-12-10-18(11-13-19)20(25)16-17-8-5-4-6-9-17;1-5-2-7-10-3-6(4-13)8(9)12(7)11-5/h5-7,9-14,17-19H,8,15-16H2,1-4H3,(H,34,37);2-4,6-11,14-16H,5,12-13,27H2,1H3;4-6,8-13H,7,14-16H2,1-3H3,(H,24,26);2-4H,9H2,1H3. The molecule has 14 aromatic rings. The Morgan fingerprint density at radius 3 is 1.26 bits per heavy atom. The molecule has 0 unspecified atom stereocenters. The molecule has 21 heteroatoms. The Labute approximate surface area is 632 Å². The number of nitrogens with zero attached hydrogens (tertiary/aromatic N) is 11. The van der Waals surface area contributed by atoms with Crippen molar-refractivity contribution >= 4 is 69.1 Å². The number of ether oxygens (including phenoxy) is 2. The van der Waals surface area contributed by atoms with Crippen molar-refractivity contribution in [3.05, 3.63) is 263 Å². The second-order valence-electron chi connectivity index (χ2n) is 30.7. The number of Topliss-reactive ketones (excluding diaryl/α,β-unsaturated/α-hetero) is 1. The number of anilines is 1. The number of hydrogen-bond donors (Lipinski definition) is 4. The number of aromatic nitrogens is 11. The first-order chi connectivity index (χ1) is 52.3. The van der Waals surface area contributed by atoms with Crippen molar-refractivity contribution in [1.82, 2.24) is 64.4 Å². The van der Waals surface area contributed by atoms with Crippen molar-refractivity contribution in [2.75, 3.05) is 5.73 Å². The Balaban J connectivity index is 0.000000127. The van der Waals surface area contributed by atoms with Crippen molar-refractivity contribution in [3.63, 3.8) is 0 Å². The van der Waals surface area contributed by atoms with Gasteiger partial charge in [0.1, 0.15) is 17.0 Å². The largest absolute Gasteiger partial charge is 0.444 e. The number of aldehydes is 1.